The van der Waals surface area contributed by atoms with Gasteiger partial charge in [-0.3, -0.25) is 9.48 Å². The average molecular weight is 223 g/mol. The van der Waals surface area contributed by atoms with E-state index >= 15 is 0 Å². The third kappa shape index (κ3) is 3.03. The zero-order valence-corrected chi connectivity index (χ0v) is 9.22. The topological polar surface area (TPSA) is 71.8 Å². The number of carbonyl (C=O) groups excluding carboxylic acids is 1. The molecule has 0 saturated carbocycles. The van der Waals surface area contributed by atoms with Gasteiger partial charge in [-0.2, -0.15) is 0 Å². The van der Waals surface area contributed by atoms with Gasteiger partial charge in [0.05, 0.1) is 18.8 Å². The van der Waals surface area contributed by atoms with Gasteiger partial charge in [0.1, 0.15) is 0 Å². The molecule has 0 aromatic carbocycles. The lowest BCUT2D eigenvalue weighted by atomic mass is 10.1. The second kappa shape index (κ2) is 5.60. The van der Waals surface area contributed by atoms with Crippen LogP contribution in [0.3, 0.4) is 0 Å². The zero-order chi connectivity index (χ0) is 11.2. The predicted molar refractivity (Wildman–Crippen MR) is 58.7 cm³/mol. The standard InChI is InChI=1S/C10H17N5O/c16-10-9(3-1-2-4-12-10)11-5-7-15-8-6-13-14-15/h6,8-9,11H,1-5,7H2,(H,12,16). The molecule has 0 bridgehead atoms. The van der Waals surface area contributed by atoms with Gasteiger partial charge in [0.2, 0.25) is 5.91 Å². The van der Waals surface area contributed by atoms with Gasteiger partial charge in [0.15, 0.2) is 0 Å². The molecule has 1 atom stereocenters. The highest BCUT2D eigenvalue weighted by atomic mass is 16.2. The Morgan fingerprint density at radius 2 is 2.50 bits per heavy atom. The molecular formula is C10H17N5O. The minimum atomic E-state index is -0.0500. The van der Waals surface area contributed by atoms with E-state index in [0.717, 1.165) is 38.9 Å². The molecule has 1 aromatic heterocycles. The van der Waals surface area contributed by atoms with Gasteiger partial charge in [-0.1, -0.05) is 5.21 Å². The van der Waals surface area contributed by atoms with E-state index in [9.17, 15) is 4.79 Å². The fraction of sp³-hybridized carbons (Fsp3) is 0.700. The highest BCUT2D eigenvalue weighted by molar-refractivity contribution is 5.81. The Bertz CT molecular complexity index is 324. The van der Waals surface area contributed by atoms with Crippen molar-refractivity contribution < 1.29 is 4.79 Å². The number of carbonyl (C=O) groups is 1. The predicted octanol–water partition coefficient (Wildman–Crippen LogP) is -0.464. The highest BCUT2D eigenvalue weighted by Gasteiger charge is 2.19. The number of nitrogens with one attached hydrogen (secondary N) is 2. The van der Waals surface area contributed by atoms with Crippen molar-refractivity contribution in [3.63, 3.8) is 0 Å². The molecule has 1 aliphatic heterocycles. The van der Waals surface area contributed by atoms with Crippen LogP contribution in [0.2, 0.25) is 0 Å². The Balaban J connectivity index is 1.73. The maximum atomic E-state index is 11.6. The van der Waals surface area contributed by atoms with Crippen molar-refractivity contribution in [2.45, 2.75) is 31.8 Å². The van der Waals surface area contributed by atoms with E-state index in [-0.39, 0.29) is 11.9 Å². The summed E-state index contributed by atoms with van der Waals surface area (Å²) < 4.78 is 1.75. The Morgan fingerprint density at radius 3 is 3.31 bits per heavy atom. The normalized spacial score (nSPS) is 21.5. The number of rotatable bonds is 4. The Morgan fingerprint density at radius 1 is 1.56 bits per heavy atom. The second-order valence-corrected chi connectivity index (χ2v) is 3.96. The lowest BCUT2D eigenvalue weighted by molar-refractivity contribution is -0.122. The van der Waals surface area contributed by atoms with Gasteiger partial charge in [-0.15, -0.1) is 5.10 Å². The van der Waals surface area contributed by atoms with E-state index < -0.39 is 0 Å². The van der Waals surface area contributed by atoms with Gasteiger partial charge in [-0.05, 0) is 19.3 Å². The molecule has 16 heavy (non-hydrogen) atoms. The smallest absolute Gasteiger partial charge is 0.237 e. The third-order valence-corrected chi connectivity index (χ3v) is 2.74. The van der Waals surface area contributed by atoms with Crippen LogP contribution < -0.4 is 10.6 Å². The fourth-order valence-electron chi connectivity index (χ4n) is 1.84. The molecule has 1 amide bonds. The number of aromatic nitrogens is 3. The van der Waals surface area contributed by atoms with Crippen LogP contribution in [0.15, 0.2) is 12.4 Å². The first-order valence-corrected chi connectivity index (χ1v) is 5.71. The quantitative estimate of drug-likeness (QED) is 0.724. The van der Waals surface area contributed by atoms with Crippen LogP contribution in [0.25, 0.3) is 0 Å². The molecule has 0 radical (unpaired) electrons. The molecule has 2 rings (SSSR count). The Hall–Kier alpha value is -1.43. The minimum absolute atomic E-state index is 0.0500. The van der Waals surface area contributed by atoms with Crippen LogP contribution in [0.4, 0.5) is 0 Å². The number of hydrogen-bond acceptors (Lipinski definition) is 4. The van der Waals surface area contributed by atoms with Crippen LogP contribution in [-0.2, 0) is 11.3 Å². The third-order valence-electron chi connectivity index (χ3n) is 2.74. The summed E-state index contributed by atoms with van der Waals surface area (Å²) in [6.07, 6.45) is 6.56. The van der Waals surface area contributed by atoms with E-state index in [2.05, 4.69) is 20.9 Å². The van der Waals surface area contributed by atoms with E-state index in [0.29, 0.717) is 0 Å². The van der Waals surface area contributed by atoms with E-state index in [1.807, 2.05) is 6.20 Å². The Labute approximate surface area is 94.4 Å². The van der Waals surface area contributed by atoms with Crippen molar-refractivity contribution in [3.8, 4) is 0 Å². The molecule has 1 unspecified atom stereocenters. The first-order chi connectivity index (χ1) is 7.86. The minimum Gasteiger partial charge on any atom is -0.355 e. The second-order valence-electron chi connectivity index (χ2n) is 3.96. The van der Waals surface area contributed by atoms with Crippen LogP contribution in [0.5, 0.6) is 0 Å². The molecule has 6 heteroatoms. The zero-order valence-electron chi connectivity index (χ0n) is 9.22. The molecular weight excluding hydrogens is 206 g/mol. The summed E-state index contributed by atoms with van der Waals surface area (Å²) in [6, 6.07) is -0.0500. The molecule has 1 aromatic rings. The lowest BCUT2D eigenvalue weighted by Gasteiger charge is -2.14. The summed E-state index contributed by atoms with van der Waals surface area (Å²) in [5, 5.41) is 13.7. The molecule has 6 nitrogen and oxygen atoms in total. The number of amides is 1. The van der Waals surface area contributed by atoms with Crippen LogP contribution in [0, 0.1) is 0 Å². The maximum Gasteiger partial charge on any atom is 0.237 e. The number of hydrogen-bond donors (Lipinski definition) is 2. The molecule has 0 aliphatic carbocycles. The van der Waals surface area contributed by atoms with Crippen molar-refractivity contribution in [1.29, 1.82) is 0 Å². The molecule has 1 fully saturated rings. The summed E-state index contributed by atoms with van der Waals surface area (Å²) in [5.74, 6) is 0.121. The fourth-order valence-corrected chi connectivity index (χ4v) is 1.84. The summed E-state index contributed by atoms with van der Waals surface area (Å²) in [5.41, 5.74) is 0. The van der Waals surface area contributed by atoms with Crippen molar-refractivity contribution in [3.05, 3.63) is 12.4 Å². The largest absolute Gasteiger partial charge is 0.355 e. The van der Waals surface area contributed by atoms with E-state index in [1.54, 1.807) is 10.9 Å². The summed E-state index contributed by atoms with van der Waals surface area (Å²) >= 11 is 0. The Kier molecular flexibility index (Phi) is 3.87. The molecule has 88 valence electrons. The first kappa shape index (κ1) is 11.1. The van der Waals surface area contributed by atoms with Crippen molar-refractivity contribution in [1.82, 2.24) is 25.6 Å². The SMILES string of the molecule is O=C1NCCCCC1NCCn1ccnn1. The average Bonchev–Trinajstić information content (AvgIpc) is 2.71. The van der Waals surface area contributed by atoms with Gasteiger partial charge in [0, 0.05) is 19.3 Å². The summed E-state index contributed by atoms with van der Waals surface area (Å²) in [4.78, 5) is 11.6. The molecule has 2 N–H and O–H groups in total. The summed E-state index contributed by atoms with van der Waals surface area (Å²) in [7, 11) is 0. The van der Waals surface area contributed by atoms with Crippen LogP contribution in [0.1, 0.15) is 19.3 Å². The monoisotopic (exact) mass is 223 g/mol. The van der Waals surface area contributed by atoms with E-state index in [1.165, 1.54) is 0 Å². The first-order valence-electron chi connectivity index (χ1n) is 5.71. The van der Waals surface area contributed by atoms with Gasteiger partial charge >= 0.3 is 0 Å². The molecule has 1 saturated heterocycles. The summed E-state index contributed by atoms with van der Waals surface area (Å²) in [6.45, 7) is 2.28. The molecule has 2 heterocycles. The lowest BCUT2D eigenvalue weighted by Crippen LogP contribution is -2.43. The van der Waals surface area contributed by atoms with Crippen molar-refractivity contribution in [2.75, 3.05) is 13.1 Å². The van der Waals surface area contributed by atoms with Gasteiger partial charge in [-0.25, -0.2) is 0 Å². The van der Waals surface area contributed by atoms with Crippen LogP contribution in [-0.4, -0.2) is 40.0 Å². The number of nitrogens with zero attached hydrogens (tertiary/aromatic N) is 3. The van der Waals surface area contributed by atoms with E-state index in [4.69, 9.17) is 0 Å². The maximum absolute atomic E-state index is 11.6. The van der Waals surface area contributed by atoms with Crippen molar-refractivity contribution >= 4 is 5.91 Å². The van der Waals surface area contributed by atoms with Crippen LogP contribution >= 0.6 is 0 Å². The van der Waals surface area contributed by atoms with Gasteiger partial charge in [0.25, 0.3) is 0 Å². The molecule has 0 spiro atoms. The van der Waals surface area contributed by atoms with Gasteiger partial charge < -0.3 is 10.6 Å². The molecule has 1 aliphatic rings. The van der Waals surface area contributed by atoms with Crippen molar-refractivity contribution in [2.24, 2.45) is 0 Å². The highest BCUT2D eigenvalue weighted by Crippen LogP contribution is 2.04.